The van der Waals surface area contributed by atoms with Crippen LogP contribution in [0.3, 0.4) is 0 Å². The molecule has 2 aliphatic rings. The van der Waals surface area contributed by atoms with Gasteiger partial charge in [0.1, 0.15) is 4.75 Å². The highest BCUT2D eigenvalue weighted by Crippen LogP contribution is 2.51. The summed E-state index contributed by atoms with van der Waals surface area (Å²) in [6.07, 6.45) is 3.20. The van der Waals surface area contributed by atoms with E-state index < -0.39 is 11.4 Å². The van der Waals surface area contributed by atoms with Gasteiger partial charge < -0.3 is 15.0 Å². The highest BCUT2D eigenvalue weighted by molar-refractivity contribution is 7.90. The van der Waals surface area contributed by atoms with E-state index in [4.69, 9.17) is 0 Å². The van der Waals surface area contributed by atoms with E-state index in [1.165, 1.54) is 11.1 Å². The average molecular weight is 337 g/mol. The quantitative estimate of drug-likeness (QED) is 0.740. The maximum absolute atomic E-state index is 12.7. The second kappa shape index (κ2) is 6.37. The van der Waals surface area contributed by atoms with E-state index >= 15 is 0 Å². The van der Waals surface area contributed by atoms with E-state index in [1.54, 1.807) is 0 Å². The van der Waals surface area contributed by atoms with E-state index in [-0.39, 0.29) is 22.8 Å². The summed E-state index contributed by atoms with van der Waals surface area (Å²) < 4.78 is 15.9. The van der Waals surface area contributed by atoms with Gasteiger partial charge in [0.05, 0.1) is 12.6 Å². The molecule has 2 atom stereocenters. The van der Waals surface area contributed by atoms with Gasteiger partial charge in [0, 0.05) is 16.8 Å². The molecule has 4 nitrogen and oxygen atoms in total. The van der Waals surface area contributed by atoms with Crippen molar-refractivity contribution in [3.05, 3.63) is 34.9 Å². The molecule has 1 aliphatic heterocycles. The topological polar surface area (TPSA) is 67.3 Å². The van der Waals surface area contributed by atoms with Crippen LogP contribution in [-0.2, 0) is 24.4 Å². The Hall–Kier alpha value is -0.590. The molecule has 0 bridgehead atoms. The van der Waals surface area contributed by atoms with Gasteiger partial charge in [-0.1, -0.05) is 18.2 Å². The van der Waals surface area contributed by atoms with Gasteiger partial charge in [0.2, 0.25) is 0 Å². The van der Waals surface area contributed by atoms with Gasteiger partial charge in [0.25, 0.3) is 0 Å². The fourth-order valence-electron chi connectivity index (χ4n) is 3.87. The predicted molar refractivity (Wildman–Crippen MR) is 94.4 cm³/mol. The van der Waals surface area contributed by atoms with Crippen molar-refractivity contribution in [2.24, 2.45) is 5.41 Å². The Labute approximate surface area is 142 Å². The highest BCUT2D eigenvalue weighted by atomic mass is 32.2. The van der Waals surface area contributed by atoms with Gasteiger partial charge in [-0.05, 0) is 69.8 Å². The number of nitrogens with one attached hydrogen (secondary N) is 2. The lowest BCUT2D eigenvalue weighted by Gasteiger charge is -2.40. The molecule has 0 aromatic heterocycles. The van der Waals surface area contributed by atoms with Crippen molar-refractivity contribution in [3.8, 4) is 0 Å². The maximum atomic E-state index is 12.7. The first kappa shape index (κ1) is 17.2. The molecule has 0 amide bonds. The second-order valence-electron chi connectivity index (χ2n) is 7.91. The first-order valence-electron chi connectivity index (χ1n) is 8.47. The molecule has 23 heavy (non-hydrogen) atoms. The molecule has 1 saturated heterocycles. The summed E-state index contributed by atoms with van der Waals surface area (Å²) in [6, 6.07) is 6.37. The van der Waals surface area contributed by atoms with Crippen LogP contribution in [0.25, 0.3) is 0 Å². The van der Waals surface area contributed by atoms with E-state index in [1.807, 2.05) is 26.8 Å². The molecule has 1 fully saturated rings. The van der Waals surface area contributed by atoms with Crippen LogP contribution in [-0.4, -0.2) is 27.5 Å². The normalized spacial score (nSPS) is 24.7. The van der Waals surface area contributed by atoms with Gasteiger partial charge in [-0.3, -0.25) is 0 Å². The van der Waals surface area contributed by atoms with Crippen LogP contribution in [0.1, 0.15) is 56.3 Å². The van der Waals surface area contributed by atoms with Crippen molar-refractivity contribution in [3.63, 3.8) is 0 Å². The van der Waals surface area contributed by atoms with Gasteiger partial charge in [0.15, 0.2) is 0 Å². The van der Waals surface area contributed by atoms with Gasteiger partial charge in [-0.2, -0.15) is 0 Å². The van der Waals surface area contributed by atoms with Gasteiger partial charge in [-0.15, -0.1) is 4.72 Å². The lowest BCUT2D eigenvalue weighted by atomic mass is 9.73. The van der Waals surface area contributed by atoms with Crippen LogP contribution in [0.5, 0.6) is 0 Å². The van der Waals surface area contributed by atoms with Crippen molar-refractivity contribution in [1.29, 1.82) is 0 Å². The molecule has 1 aliphatic carbocycles. The molecule has 0 saturated carbocycles. The van der Waals surface area contributed by atoms with Crippen molar-refractivity contribution in [2.45, 2.75) is 57.4 Å². The van der Waals surface area contributed by atoms with Crippen LogP contribution in [0.4, 0.5) is 0 Å². The summed E-state index contributed by atoms with van der Waals surface area (Å²) in [5.74, 6) is 0. The first-order valence-corrected chi connectivity index (χ1v) is 9.62. The maximum Gasteiger partial charge on any atom is 0.136 e. The molecule has 0 unspecified atom stereocenters. The molecule has 1 heterocycles. The minimum atomic E-state index is -1.09. The first-order chi connectivity index (χ1) is 10.9. The fraction of sp³-hybridized carbons (Fsp3) is 0.667. The summed E-state index contributed by atoms with van der Waals surface area (Å²) in [6.45, 7) is 8.14. The van der Waals surface area contributed by atoms with E-state index in [2.05, 4.69) is 22.2 Å². The summed E-state index contributed by atoms with van der Waals surface area (Å²) in [5, 5.41) is 12.9. The fourth-order valence-corrected chi connectivity index (χ4v) is 4.81. The van der Waals surface area contributed by atoms with E-state index in [0.717, 1.165) is 37.9 Å². The summed E-state index contributed by atoms with van der Waals surface area (Å²) in [5.41, 5.74) is 3.68. The van der Waals surface area contributed by atoms with Crippen LogP contribution >= 0.6 is 0 Å². The molecular weight excluding hydrogens is 308 g/mol. The average Bonchev–Trinajstić information content (AvgIpc) is 2.79. The third-order valence-electron chi connectivity index (χ3n) is 5.24. The number of hydrogen-bond donors (Lipinski definition) is 3. The molecule has 1 aromatic carbocycles. The third kappa shape index (κ3) is 3.30. The third-order valence-corrected chi connectivity index (χ3v) is 6.80. The Morgan fingerprint density at radius 2 is 2.04 bits per heavy atom. The lowest BCUT2D eigenvalue weighted by molar-refractivity contribution is 0.163. The standard InChI is InChI=1S/C18H28N2O2S/c1-17(2,3)23(22)20-16-15-5-4-13(12-21)10-14(15)11-18(16)6-8-19-9-7-18/h4-5,10,16,19-21H,6-9,11-12H2,1-3H3/t16-,23-/m1/s1. The van der Waals surface area contributed by atoms with Crippen LogP contribution in [0.15, 0.2) is 18.2 Å². The Morgan fingerprint density at radius 3 is 2.65 bits per heavy atom. The monoisotopic (exact) mass is 336 g/mol. The highest BCUT2D eigenvalue weighted by Gasteiger charge is 2.49. The van der Waals surface area contributed by atoms with Crippen molar-refractivity contribution >= 4 is 11.4 Å². The summed E-state index contributed by atoms with van der Waals surface area (Å²) >= 11 is -1.09. The molecule has 3 N–H and O–H groups in total. The SMILES string of the molecule is CC(C)(C)[S@@+]([O-])N[C@@H]1c2ccc(CO)cc2CC12CCNCC2. The molecule has 1 aromatic rings. The van der Waals surface area contributed by atoms with Crippen molar-refractivity contribution < 1.29 is 9.66 Å². The minimum Gasteiger partial charge on any atom is -0.598 e. The molecule has 3 rings (SSSR count). The van der Waals surface area contributed by atoms with Gasteiger partial charge in [-0.25, -0.2) is 0 Å². The van der Waals surface area contributed by atoms with Crippen molar-refractivity contribution in [2.75, 3.05) is 13.1 Å². The number of benzene rings is 1. The molecule has 128 valence electrons. The Bertz CT molecular complexity index is 565. The van der Waals surface area contributed by atoms with E-state index in [9.17, 15) is 9.66 Å². The van der Waals surface area contributed by atoms with Gasteiger partial charge >= 0.3 is 0 Å². The number of piperidine rings is 1. The minimum absolute atomic E-state index is 0.0772. The van der Waals surface area contributed by atoms with Crippen LogP contribution in [0, 0.1) is 5.41 Å². The number of aliphatic hydroxyl groups is 1. The van der Waals surface area contributed by atoms with Crippen molar-refractivity contribution in [1.82, 2.24) is 10.0 Å². The molecule has 0 radical (unpaired) electrons. The number of aliphatic hydroxyl groups excluding tert-OH is 1. The lowest BCUT2D eigenvalue weighted by Crippen LogP contribution is -2.48. The number of hydrogen-bond acceptors (Lipinski definition) is 4. The largest absolute Gasteiger partial charge is 0.598 e. The summed E-state index contributed by atoms with van der Waals surface area (Å²) in [4.78, 5) is 0. The van der Waals surface area contributed by atoms with Crippen LogP contribution < -0.4 is 10.0 Å². The number of rotatable bonds is 3. The van der Waals surface area contributed by atoms with Crippen LogP contribution in [0.2, 0.25) is 0 Å². The zero-order chi connectivity index (χ0) is 16.7. The Kier molecular flexibility index (Phi) is 4.78. The smallest absolute Gasteiger partial charge is 0.136 e. The second-order valence-corrected chi connectivity index (χ2v) is 9.91. The Balaban J connectivity index is 1.94. The zero-order valence-electron chi connectivity index (χ0n) is 14.3. The predicted octanol–water partition coefficient (Wildman–Crippen LogP) is 2.20. The molecular formula is C18H28N2O2S. The van der Waals surface area contributed by atoms with E-state index in [0.29, 0.717) is 0 Å². The molecule has 5 heteroatoms. The summed E-state index contributed by atoms with van der Waals surface area (Å²) in [7, 11) is 0. The Morgan fingerprint density at radius 1 is 1.35 bits per heavy atom. The molecule has 1 spiro atoms. The number of fused-ring (bicyclic) bond motifs is 1. The zero-order valence-corrected chi connectivity index (χ0v) is 15.1.